The number of carbonyl (C=O) groups excluding carboxylic acids is 9. The largest absolute Gasteiger partial charge is 0.481 e. The zero-order valence-electron chi connectivity index (χ0n) is 80.0. The Hall–Kier alpha value is -12.5. The molecule has 33 heteroatoms. The number of rotatable bonds is 34. The van der Waals surface area contributed by atoms with Crippen LogP contribution in [0.15, 0.2) is 173 Å². The van der Waals surface area contributed by atoms with Crippen molar-refractivity contribution in [3.63, 3.8) is 0 Å². The van der Waals surface area contributed by atoms with Gasteiger partial charge in [0.25, 0.3) is 0 Å². The molecule has 14 N–H and O–H groups in total. The molecule has 7 aliphatic rings. The van der Waals surface area contributed by atoms with E-state index in [2.05, 4.69) is 112 Å². The zero-order chi connectivity index (χ0) is 98.1. The Morgan fingerprint density at radius 3 is 1.10 bits per heavy atom. The predicted octanol–water partition coefficient (Wildman–Crippen LogP) is 17.0. The van der Waals surface area contributed by atoms with Crippen LogP contribution in [0.25, 0.3) is 22.3 Å². The molecule has 0 unspecified atom stereocenters. The molecule has 7 atom stereocenters. The van der Waals surface area contributed by atoms with Crippen LogP contribution in [0.5, 0.6) is 0 Å². The first-order valence-corrected chi connectivity index (χ1v) is 48.0. The van der Waals surface area contributed by atoms with E-state index in [1.54, 1.807) is 20.8 Å². The van der Waals surface area contributed by atoms with Gasteiger partial charge in [0.1, 0.15) is 42.5 Å². The van der Waals surface area contributed by atoms with Crippen LogP contribution < -0.4 is 54.3 Å². The summed E-state index contributed by atoms with van der Waals surface area (Å²) in [6.07, 6.45) is 16.0. The number of amides is 10. The summed E-state index contributed by atoms with van der Waals surface area (Å²) in [5.74, 6) is -0.401. The van der Waals surface area contributed by atoms with Gasteiger partial charge in [0.05, 0.1) is 56.5 Å². The van der Waals surface area contributed by atoms with Gasteiger partial charge in [-0.3, -0.25) is 29.0 Å². The predicted molar refractivity (Wildman–Crippen MR) is 542 cm³/mol. The number of carboxylic acids is 2. The van der Waals surface area contributed by atoms with Gasteiger partial charge in [-0.1, -0.05) is 215 Å². The summed E-state index contributed by atoms with van der Waals surface area (Å²) < 4.78 is 29.0. The normalized spacial score (nSPS) is 20.5. The Labute approximate surface area is 820 Å². The number of urea groups is 3. The summed E-state index contributed by atoms with van der Waals surface area (Å²) in [6.45, 7) is 18.0. The second kappa shape index (κ2) is 59.7. The molecular formula is C106H153N15O18. The number of aliphatic carboxylic acids is 2. The van der Waals surface area contributed by atoms with Crippen LogP contribution in [0, 0.1) is 35.5 Å². The summed E-state index contributed by atoms with van der Waals surface area (Å²) in [6, 6.07) is 48.1. The molecule has 13 rings (SSSR count). The molecule has 33 nitrogen and oxygen atoms in total. The first kappa shape index (κ1) is 115. The summed E-state index contributed by atoms with van der Waals surface area (Å²) in [7, 11) is 1.50. The topological polar surface area (TPSA) is 466 Å². The number of nitrogens with two attached hydrogens (primary N) is 2. The van der Waals surface area contributed by atoms with Gasteiger partial charge >= 0.3 is 48.3 Å². The number of ether oxygens (including phenoxy) is 5. The number of hydrogen-bond acceptors (Lipinski definition) is 21. The zero-order valence-corrected chi connectivity index (χ0v) is 80.0. The molecule has 2 saturated heterocycles. The van der Waals surface area contributed by atoms with Gasteiger partial charge in [-0.05, 0) is 198 Å². The van der Waals surface area contributed by atoms with Crippen molar-refractivity contribution in [3.8, 4) is 22.3 Å². The summed E-state index contributed by atoms with van der Waals surface area (Å²) in [4.78, 5) is 137. The quantitative estimate of drug-likeness (QED) is 0.0101. The minimum absolute atomic E-state index is 0. The highest BCUT2D eigenvalue weighted by molar-refractivity contribution is 5.90. The van der Waals surface area contributed by atoms with E-state index in [-0.39, 0.29) is 127 Å². The maximum Gasteiger partial charge on any atom is 0.410 e. The summed E-state index contributed by atoms with van der Waals surface area (Å²) in [5, 5.41) is 44.5. The molecule has 5 aliphatic carbocycles. The molecule has 0 bridgehead atoms. The number of hydrazone groups is 3. The van der Waals surface area contributed by atoms with Gasteiger partial charge in [0.2, 0.25) is 5.91 Å². The molecule has 2 aliphatic heterocycles. The number of Topliss-reactive ketones (excluding diaryl/α,β-unsaturated/α-hetero) is 2. The molecule has 10 amide bonds. The fraction of sp³-hybridized carbons (Fsp3) is 0.528. The van der Waals surface area contributed by atoms with Gasteiger partial charge in [-0.15, -0.1) is 0 Å². The van der Waals surface area contributed by atoms with Crippen molar-refractivity contribution >= 4 is 84.4 Å². The highest BCUT2D eigenvalue weighted by Gasteiger charge is 2.45. The first-order valence-electron chi connectivity index (χ1n) is 48.0. The molecule has 5 fully saturated rings. The lowest BCUT2D eigenvalue weighted by molar-refractivity contribution is -0.143. The van der Waals surface area contributed by atoms with Gasteiger partial charge in [-0.2, -0.15) is 15.3 Å². The Morgan fingerprint density at radius 1 is 0.432 bits per heavy atom. The summed E-state index contributed by atoms with van der Waals surface area (Å²) >= 11 is 0. The number of benzene rings is 6. The number of carbonyl (C=O) groups is 11. The lowest BCUT2D eigenvalue weighted by atomic mass is 9.79. The Balaban J connectivity index is 0.000000298. The molecule has 139 heavy (non-hydrogen) atoms. The molecule has 0 spiro atoms. The minimum atomic E-state index is -1.05. The highest BCUT2D eigenvalue weighted by Crippen LogP contribution is 2.47. The second-order valence-corrected chi connectivity index (χ2v) is 36.3. The number of ketones is 2. The van der Waals surface area contributed by atoms with Crippen molar-refractivity contribution in [2.75, 3.05) is 53.0 Å². The number of alkyl carbamates (subject to hydrolysis) is 1. The molecule has 0 aromatic heterocycles. The smallest absolute Gasteiger partial charge is 0.410 e. The SMILES string of the molecule is C.C.C.CCC(=O)C1CCC(CNC(=O)N/N=C/[C@@H](N)CC)CC1.CCC(=O)C1CCC(CNC(=O)N/N=C/[C@H](CC)NC(=O)[C@@H]2C[C@@H](OCc3ccccc3)CN2C(=O)OCC2c3ccccc3-c3ccccc32)CC1.CC[C@@H](/C=N/NC(=O)NCC1CCC(C(=O)O)CC1)NC(=O)OC(C)(C)C.CN.O=C(O)[C@@H]1C[C@@H](OCc2ccccc2)CN1C(=O)OCC1c2ccccc2-c2ccccc21. The van der Waals surface area contributed by atoms with Crippen molar-refractivity contribution in [3.05, 3.63) is 191 Å². The first-order chi connectivity index (χ1) is 65.6. The molecule has 6 aromatic rings. The van der Waals surface area contributed by atoms with Gasteiger partial charge in [0, 0.05) is 93.7 Å². The van der Waals surface area contributed by atoms with Crippen LogP contribution >= 0.6 is 0 Å². The Kier molecular flexibility index (Phi) is 49.5. The van der Waals surface area contributed by atoms with Gasteiger partial charge in [0.15, 0.2) is 0 Å². The number of carboxylic acid groups (broad SMARTS) is 2. The molecule has 3 saturated carbocycles. The van der Waals surface area contributed by atoms with Crippen LogP contribution in [0.3, 0.4) is 0 Å². The number of nitrogens with zero attached hydrogens (tertiary/aromatic N) is 5. The third-order valence-corrected chi connectivity index (χ3v) is 25.7. The molecular weight excluding hydrogens is 1770 g/mol. The molecule has 760 valence electrons. The van der Waals surface area contributed by atoms with E-state index >= 15 is 0 Å². The maximum atomic E-state index is 13.8. The number of likely N-dealkylation sites (tertiary alicyclic amines) is 2. The van der Waals surface area contributed by atoms with Gasteiger partial charge in [-0.25, -0.2) is 49.8 Å². The van der Waals surface area contributed by atoms with E-state index in [0.29, 0.717) is 101 Å². The third kappa shape index (κ3) is 36.4. The summed E-state index contributed by atoms with van der Waals surface area (Å²) in [5.41, 5.74) is 27.9. The average Bonchev–Trinajstić information content (AvgIpc) is 1.62. The van der Waals surface area contributed by atoms with Crippen molar-refractivity contribution in [1.29, 1.82) is 0 Å². The number of hydrogen-bond donors (Lipinski definition) is 12. The van der Waals surface area contributed by atoms with Crippen LogP contribution in [-0.4, -0.2) is 205 Å². The van der Waals surface area contributed by atoms with Crippen molar-refractivity contribution in [1.82, 2.24) is 52.7 Å². The van der Waals surface area contributed by atoms with Crippen molar-refractivity contribution < 1.29 is 86.6 Å². The highest BCUT2D eigenvalue weighted by atomic mass is 16.6. The van der Waals surface area contributed by atoms with Crippen LogP contribution in [0.4, 0.5) is 28.8 Å². The van der Waals surface area contributed by atoms with Crippen molar-refractivity contribution in [2.24, 2.45) is 62.3 Å². The molecule has 0 radical (unpaired) electrons. The monoisotopic (exact) mass is 1920 g/mol. The van der Waals surface area contributed by atoms with Crippen LogP contribution in [0.1, 0.15) is 245 Å². The molecule has 6 aromatic carbocycles. The number of nitrogens with one attached hydrogen (secondary N) is 8. The third-order valence-electron chi connectivity index (χ3n) is 25.7. The van der Waals surface area contributed by atoms with E-state index in [0.717, 1.165) is 126 Å². The minimum Gasteiger partial charge on any atom is -0.481 e. The van der Waals surface area contributed by atoms with E-state index in [1.165, 1.54) is 35.5 Å². The van der Waals surface area contributed by atoms with Gasteiger partial charge < -0.3 is 71.9 Å². The van der Waals surface area contributed by atoms with Crippen LogP contribution in [0.2, 0.25) is 0 Å². The number of fused-ring (bicyclic) bond motifs is 6. The van der Waals surface area contributed by atoms with E-state index in [4.69, 9.17) is 34.5 Å². The lowest BCUT2D eigenvalue weighted by Crippen LogP contribution is -2.49. The van der Waals surface area contributed by atoms with Crippen molar-refractivity contribution in [2.45, 2.75) is 273 Å². The Morgan fingerprint density at radius 2 is 0.763 bits per heavy atom. The molecule has 2 heterocycles. The maximum absolute atomic E-state index is 13.8. The fourth-order valence-electron chi connectivity index (χ4n) is 17.9. The standard InChI is InChI=1S/C42H51N5O6.C27H25NO5.C18H32N4O5.C15H28N4O2.CH5N.3CH4/c1-3-31(24-44-46-41(50)43-23-28-18-20-30(21-19-28)39(48)4-2)45-40(49)38-22-32(52-26-29-12-6-5-7-13-29)25-47(38)42(51)53-27-37-35-16-10-8-14-33(35)34-15-9-11-17-36(34)37;29-26(30)25-14-19(32-16-18-8-2-1-3-9-18)15-28(25)27(31)33-17-24-22-12-6-4-10-20(22)21-11-5-7-13-23(21)24;1-5-14(21-17(26)27-18(2,3)4)11-20-22-16(25)19-10-12-6-8-13(9-7-12)15(23)24;1-3-13(16)10-18-19-15(21)17-9-11-5-7-12(8-6-11)14(20)4-2;1-2;;;/h5-17,24,28,30-32,37-38H,3-4,18-23,25-27H2,1-2H3,(H,45,49)(H2,43,46,50);1-13,19,24-25H,14-17H2,(H,29,30);11-14H,5-10H2,1-4H3,(H,21,26)(H,23,24)(H2,19,22,25);10-13H,3-9,16H2,1-2H3,(H2,17,19,21);2H2,1H3;3*1H4/b44-24+;;20-11+;18-10+;;;;/t28?,30?,31-,32+,38-;19-,25+;12?,13?,14-;11?,12?,13-;;;;/m0100..../s1. The average molecular weight is 1930 g/mol. The van der Waals surface area contributed by atoms with E-state index in [1.807, 2.05) is 144 Å². The second-order valence-electron chi connectivity index (χ2n) is 36.3. The van der Waals surface area contributed by atoms with E-state index < -0.39 is 66.0 Å². The lowest BCUT2D eigenvalue weighted by Gasteiger charge is -2.27. The van der Waals surface area contributed by atoms with Crippen LogP contribution in [-0.2, 0) is 60.9 Å². The Bertz CT molecular complexity index is 4850. The van der Waals surface area contributed by atoms with E-state index in [9.17, 15) is 57.8 Å². The fourth-order valence-corrected chi connectivity index (χ4v) is 17.9.